The number of phenols is 1. The second-order valence-corrected chi connectivity index (χ2v) is 11.4. The van der Waals surface area contributed by atoms with Crippen molar-refractivity contribution in [2.75, 3.05) is 11.2 Å². The standard InChI is InChI=1S/C28H33F2N5OS/c1-4-10-28(2)11-9-21(29)23(14-28)35(18-6-7-18)25-16-32-27(34-33-25)19-8-5-17(12-24(19)36)20-13-26(37-3)31-15-22(20)30/h5,8,12-13,15-16,18,21,23,36H,4,6-7,9-11,14H2,1-3H3/t21-,23+,28+/m0/s1. The van der Waals surface area contributed by atoms with Crippen molar-refractivity contribution in [3.05, 3.63) is 42.5 Å². The molecule has 0 amide bonds. The fourth-order valence-electron chi connectivity index (χ4n) is 5.65. The molecule has 0 saturated heterocycles. The number of nitrogens with zero attached hydrogens (tertiary/aromatic N) is 5. The minimum absolute atomic E-state index is 0.0700. The van der Waals surface area contributed by atoms with Gasteiger partial charge in [-0.1, -0.05) is 26.3 Å². The Labute approximate surface area is 220 Å². The number of hydrogen-bond donors (Lipinski definition) is 1. The average Bonchev–Trinajstić information content (AvgIpc) is 3.73. The number of halogens is 2. The Bertz CT molecular complexity index is 1260. The zero-order valence-corrected chi connectivity index (χ0v) is 22.3. The highest BCUT2D eigenvalue weighted by molar-refractivity contribution is 7.98. The minimum atomic E-state index is -0.899. The molecule has 2 saturated carbocycles. The van der Waals surface area contributed by atoms with E-state index >= 15 is 4.39 Å². The van der Waals surface area contributed by atoms with Crippen LogP contribution >= 0.6 is 11.8 Å². The fourth-order valence-corrected chi connectivity index (χ4v) is 6.04. The number of aromatic hydroxyl groups is 1. The number of thioether (sulfide) groups is 1. The summed E-state index contributed by atoms with van der Waals surface area (Å²) in [5.41, 5.74) is 1.42. The van der Waals surface area contributed by atoms with Gasteiger partial charge in [-0.15, -0.1) is 22.0 Å². The normalized spacial score (nSPS) is 23.7. The van der Waals surface area contributed by atoms with Crippen molar-refractivity contribution in [2.24, 2.45) is 5.41 Å². The van der Waals surface area contributed by atoms with Gasteiger partial charge in [0.05, 0.1) is 29.0 Å². The number of pyridine rings is 1. The summed E-state index contributed by atoms with van der Waals surface area (Å²) in [6.07, 6.45) is 10.3. The molecule has 1 aromatic carbocycles. The fraction of sp³-hybridized carbons (Fsp3) is 0.500. The second kappa shape index (κ2) is 10.5. The predicted octanol–water partition coefficient (Wildman–Crippen LogP) is 6.83. The van der Waals surface area contributed by atoms with Crippen LogP contribution in [0.25, 0.3) is 22.5 Å². The Kier molecular flexibility index (Phi) is 7.34. The molecule has 0 radical (unpaired) electrons. The zero-order chi connectivity index (χ0) is 26.2. The first-order chi connectivity index (χ1) is 17.8. The van der Waals surface area contributed by atoms with E-state index in [1.54, 1.807) is 24.4 Å². The van der Waals surface area contributed by atoms with E-state index in [1.807, 2.05) is 6.26 Å². The summed E-state index contributed by atoms with van der Waals surface area (Å²) in [6, 6.07) is 6.57. The van der Waals surface area contributed by atoms with Crippen LogP contribution in [-0.4, -0.2) is 49.8 Å². The molecule has 2 heterocycles. The van der Waals surface area contributed by atoms with Crippen LogP contribution < -0.4 is 4.90 Å². The molecular weight excluding hydrogens is 492 g/mol. The lowest BCUT2D eigenvalue weighted by molar-refractivity contribution is 0.0994. The highest BCUT2D eigenvalue weighted by Crippen LogP contribution is 2.46. The zero-order valence-electron chi connectivity index (χ0n) is 21.5. The lowest BCUT2D eigenvalue weighted by Crippen LogP contribution is -2.50. The number of benzene rings is 1. The highest BCUT2D eigenvalue weighted by atomic mass is 32.2. The minimum Gasteiger partial charge on any atom is -0.507 e. The number of hydrogen-bond acceptors (Lipinski definition) is 7. The molecular formula is C28H33F2N5OS. The molecule has 0 aliphatic heterocycles. The van der Waals surface area contributed by atoms with Gasteiger partial charge in [0, 0.05) is 11.6 Å². The van der Waals surface area contributed by atoms with Crippen LogP contribution in [0, 0.1) is 11.2 Å². The van der Waals surface area contributed by atoms with E-state index in [4.69, 9.17) is 0 Å². The second-order valence-electron chi connectivity index (χ2n) is 10.6. The lowest BCUT2D eigenvalue weighted by Gasteiger charge is -2.45. The molecule has 1 N–H and O–H groups in total. The summed E-state index contributed by atoms with van der Waals surface area (Å²) in [7, 11) is 0. The molecule has 5 rings (SSSR count). The summed E-state index contributed by atoms with van der Waals surface area (Å²) in [5, 5.41) is 20.2. The predicted molar refractivity (Wildman–Crippen MR) is 143 cm³/mol. The SMILES string of the molecule is CCC[C@]1(C)CC[C@H](F)[C@H](N(c2cnc(-c3ccc(-c4cc(SC)ncc4F)cc3O)nn2)C2CC2)C1. The van der Waals surface area contributed by atoms with E-state index in [2.05, 4.69) is 38.9 Å². The Balaban J connectivity index is 1.40. The Morgan fingerprint density at radius 3 is 2.57 bits per heavy atom. The number of anilines is 1. The van der Waals surface area contributed by atoms with Crippen molar-refractivity contribution in [1.29, 1.82) is 0 Å². The van der Waals surface area contributed by atoms with Crippen molar-refractivity contribution in [1.82, 2.24) is 20.2 Å². The van der Waals surface area contributed by atoms with E-state index in [9.17, 15) is 9.50 Å². The van der Waals surface area contributed by atoms with Crippen LogP contribution in [0.4, 0.5) is 14.6 Å². The van der Waals surface area contributed by atoms with E-state index in [-0.39, 0.29) is 29.1 Å². The molecule has 2 aliphatic carbocycles. The molecule has 3 atom stereocenters. The van der Waals surface area contributed by atoms with E-state index in [1.165, 1.54) is 24.0 Å². The summed E-state index contributed by atoms with van der Waals surface area (Å²) >= 11 is 1.42. The number of aromatic nitrogens is 4. The van der Waals surface area contributed by atoms with Gasteiger partial charge in [0.25, 0.3) is 0 Å². The highest BCUT2D eigenvalue weighted by Gasteiger charge is 2.45. The number of rotatable bonds is 8. The van der Waals surface area contributed by atoms with Gasteiger partial charge in [0.1, 0.15) is 17.7 Å². The van der Waals surface area contributed by atoms with Crippen molar-refractivity contribution in [3.8, 4) is 28.3 Å². The number of alkyl halides is 1. The molecule has 6 nitrogen and oxygen atoms in total. The topological polar surface area (TPSA) is 75.0 Å². The maximum Gasteiger partial charge on any atom is 0.185 e. The van der Waals surface area contributed by atoms with Crippen molar-refractivity contribution in [2.45, 2.75) is 82.1 Å². The van der Waals surface area contributed by atoms with Gasteiger partial charge in [0.15, 0.2) is 11.6 Å². The molecule has 0 unspecified atom stereocenters. The summed E-state index contributed by atoms with van der Waals surface area (Å²) < 4.78 is 29.6. The van der Waals surface area contributed by atoms with Gasteiger partial charge in [-0.3, -0.25) is 0 Å². The third-order valence-corrected chi connectivity index (χ3v) is 8.34. The number of phenolic OH excluding ortho intramolecular Hbond substituents is 1. The van der Waals surface area contributed by atoms with Crippen LogP contribution in [-0.2, 0) is 0 Å². The molecule has 3 aromatic rings. The average molecular weight is 526 g/mol. The van der Waals surface area contributed by atoms with Crippen LogP contribution in [0.5, 0.6) is 5.75 Å². The Morgan fingerprint density at radius 2 is 1.92 bits per heavy atom. The van der Waals surface area contributed by atoms with E-state index < -0.39 is 12.0 Å². The first-order valence-corrected chi connectivity index (χ1v) is 14.2. The van der Waals surface area contributed by atoms with Crippen molar-refractivity contribution < 1.29 is 13.9 Å². The first kappa shape index (κ1) is 25.8. The largest absolute Gasteiger partial charge is 0.507 e. The smallest absolute Gasteiger partial charge is 0.185 e. The molecule has 37 heavy (non-hydrogen) atoms. The van der Waals surface area contributed by atoms with Gasteiger partial charge in [-0.2, -0.15) is 0 Å². The Morgan fingerprint density at radius 1 is 1.11 bits per heavy atom. The third kappa shape index (κ3) is 5.42. The third-order valence-electron chi connectivity index (χ3n) is 7.70. The maximum absolute atomic E-state index is 15.2. The van der Waals surface area contributed by atoms with Crippen LogP contribution in [0.1, 0.15) is 58.8 Å². The lowest BCUT2D eigenvalue weighted by atomic mass is 9.70. The monoisotopic (exact) mass is 525 g/mol. The van der Waals surface area contributed by atoms with Gasteiger partial charge in [-0.25, -0.2) is 18.7 Å². The molecule has 0 bridgehead atoms. The molecule has 2 aliphatic rings. The molecule has 2 aromatic heterocycles. The molecule has 9 heteroatoms. The molecule has 196 valence electrons. The molecule has 0 spiro atoms. The van der Waals surface area contributed by atoms with Crippen LogP contribution in [0.2, 0.25) is 0 Å². The summed E-state index contributed by atoms with van der Waals surface area (Å²) in [4.78, 5) is 10.6. The maximum atomic E-state index is 15.2. The van der Waals surface area contributed by atoms with Crippen LogP contribution in [0.15, 0.2) is 41.7 Å². The van der Waals surface area contributed by atoms with Crippen LogP contribution in [0.3, 0.4) is 0 Å². The van der Waals surface area contributed by atoms with Gasteiger partial charge < -0.3 is 10.0 Å². The van der Waals surface area contributed by atoms with Gasteiger partial charge in [-0.05, 0) is 74.0 Å². The molecule has 2 fully saturated rings. The first-order valence-electron chi connectivity index (χ1n) is 13.0. The summed E-state index contributed by atoms with van der Waals surface area (Å²) in [5.74, 6) is 0.315. The quantitative estimate of drug-likeness (QED) is 0.323. The van der Waals surface area contributed by atoms with E-state index in [0.29, 0.717) is 34.0 Å². The van der Waals surface area contributed by atoms with Crippen molar-refractivity contribution in [3.63, 3.8) is 0 Å². The van der Waals surface area contributed by atoms with Gasteiger partial charge >= 0.3 is 0 Å². The Hall–Kier alpha value is -2.81. The van der Waals surface area contributed by atoms with E-state index in [0.717, 1.165) is 38.5 Å². The summed E-state index contributed by atoms with van der Waals surface area (Å²) in [6.45, 7) is 4.46. The van der Waals surface area contributed by atoms with Crippen molar-refractivity contribution >= 4 is 17.6 Å². The van der Waals surface area contributed by atoms with Gasteiger partial charge in [0.2, 0.25) is 0 Å².